The lowest BCUT2D eigenvalue weighted by Gasteiger charge is -2.26. The number of hydrogen-bond acceptors (Lipinski definition) is 4. The highest BCUT2D eigenvalue weighted by Crippen LogP contribution is 2.26. The maximum Gasteiger partial charge on any atom is 0.328 e. The minimum atomic E-state index is -1.31. The van der Waals surface area contributed by atoms with Gasteiger partial charge in [-0.15, -0.1) is 0 Å². The van der Waals surface area contributed by atoms with Crippen molar-refractivity contribution in [3.05, 3.63) is 35.4 Å². The van der Waals surface area contributed by atoms with E-state index in [0.29, 0.717) is 6.61 Å². The Morgan fingerprint density at radius 1 is 1.42 bits per heavy atom. The van der Waals surface area contributed by atoms with E-state index in [1.54, 1.807) is 12.1 Å². The van der Waals surface area contributed by atoms with Crippen molar-refractivity contribution in [1.82, 2.24) is 5.32 Å². The highest BCUT2D eigenvalue weighted by Gasteiger charge is 2.30. The van der Waals surface area contributed by atoms with Gasteiger partial charge in [0.05, 0.1) is 13.2 Å². The van der Waals surface area contributed by atoms with E-state index in [1.165, 1.54) is 0 Å². The zero-order valence-corrected chi connectivity index (χ0v) is 10.2. The van der Waals surface area contributed by atoms with E-state index in [2.05, 4.69) is 5.32 Å². The molecule has 6 heteroatoms. The first-order chi connectivity index (χ1) is 9.13. The van der Waals surface area contributed by atoms with Gasteiger partial charge in [-0.3, -0.25) is 4.79 Å². The number of hydrogen-bond donors (Lipinski definition) is 3. The molecule has 0 bridgehead atoms. The first-order valence-corrected chi connectivity index (χ1v) is 5.97. The van der Waals surface area contributed by atoms with E-state index in [1.807, 2.05) is 12.1 Å². The third-order valence-corrected chi connectivity index (χ3v) is 3.03. The summed E-state index contributed by atoms with van der Waals surface area (Å²) in [6, 6.07) is 6.07. The van der Waals surface area contributed by atoms with E-state index in [0.717, 1.165) is 17.5 Å². The minimum absolute atomic E-state index is 0.409. The SMILES string of the molecule is O=C(N[C@H](CO)C(=O)O)C1OCCc2ccccc21. The number of fused-ring (bicyclic) bond motifs is 1. The van der Waals surface area contributed by atoms with Crippen molar-refractivity contribution in [3.63, 3.8) is 0 Å². The molecule has 102 valence electrons. The van der Waals surface area contributed by atoms with Crippen molar-refractivity contribution in [2.75, 3.05) is 13.2 Å². The summed E-state index contributed by atoms with van der Waals surface area (Å²) in [5, 5.41) is 20.0. The Morgan fingerprint density at radius 2 is 2.16 bits per heavy atom. The molecule has 1 unspecified atom stereocenters. The Labute approximate surface area is 110 Å². The zero-order valence-electron chi connectivity index (χ0n) is 10.2. The molecule has 1 aromatic rings. The van der Waals surface area contributed by atoms with Crippen LogP contribution >= 0.6 is 0 Å². The van der Waals surface area contributed by atoms with Crippen molar-refractivity contribution in [3.8, 4) is 0 Å². The Balaban J connectivity index is 2.15. The smallest absolute Gasteiger partial charge is 0.328 e. The number of carbonyl (C=O) groups is 2. The number of carboxylic acids is 1. The van der Waals surface area contributed by atoms with E-state index in [-0.39, 0.29) is 0 Å². The molecule has 0 spiro atoms. The monoisotopic (exact) mass is 265 g/mol. The molecule has 0 radical (unpaired) electrons. The van der Waals surface area contributed by atoms with Crippen LogP contribution in [-0.2, 0) is 20.7 Å². The normalized spacial score (nSPS) is 19.3. The van der Waals surface area contributed by atoms with Crippen LogP contribution in [0.1, 0.15) is 17.2 Å². The molecular formula is C13H15NO5. The molecule has 1 heterocycles. The molecule has 1 aromatic carbocycles. The molecule has 2 rings (SSSR count). The highest BCUT2D eigenvalue weighted by molar-refractivity contribution is 5.87. The van der Waals surface area contributed by atoms with Crippen LogP contribution in [-0.4, -0.2) is 41.3 Å². The Morgan fingerprint density at radius 3 is 2.84 bits per heavy atom. The third kappa shape index (κ3) is 2.91. The average molecular weight is 265 g/mol. The van der Waals surface area contributed by atoms with Crippen LogP contribution in [0.2, 0.25) is 0 Å². The van der Waals surface area contributed by atoms with Crippen molar-refractivity contribution in [1.29, 1.82) is 0 Å². The van der Waals surface area contributed by atoms with Crippen molar-refractivity contribution in [2.45, 2.75) is 18.6 Å². The second-order valence-corrected chi connectivity index (χ2v) is 4.28. The zero-order chi connectivity index (χ0) is 13.8. The lowest BCUT2D eigenvalue weighted by molar-refractivity contribution is -0.146. The highest BCUT2D eigenvalue weighted by atomic mass is 16.5. The number of carboxylic acid groups (broad SMARTS) is 1. The number of ether oxygens (including phenoxy) is 1. The molecule has 1 amide bonds. The largest absolute Gasteiger partial charge is 0.480 e. The fraction of sp³-hybridized carbons (Fsp3) is 0.385. The summed E-state index contributed by atoms with van der Waals surface area (Å²) in [4.78, 5) is 22.8. The van der Waals surface area contributed by atoms with E-state index < -0.39 is 30.6 Å². The summed E-state index contributed by atoms with van der Waals surface area (Å²) in [6.07, 6.45) is -0.0965. The Hall–Kier alpha value is -1.92. The quantitative estimate of drug-likeness (QED) is 0.704. The molecule has 1 aliphatic rings. The average Bonchev–Trinajstić information content (AvgIpc) is 2.43. The van der Waals surface area contributed by atoms with E-state index in [4.69, 9.17) is 14.9 Å². The number of aliphatic hydroxyl groups excluding tert-OH is 1. The van der Waals surface area contributed by atoms with Gasteiger partial charge in [0.2, 0.25) is 0 Å². The number of rotatable bonds is 4. The molecule has 2 atom stereocenters. The molecule has 0 saturated heterocycles. The molecule has 0 aliphatic carbocycles. The van der Waals surface area contributed by atoms with Crippen molar-refractivity contribution < 1.29 is 24.5 Å². The first kappa shape index (κ1) is 13.5. The van der Waals surface area contributed by atoms with Gasteiger partial charge in [0.25, 0.3) is 5.91 Å². The standard InChI is InChI=1S/C13H15NO5/c15-7-10(13(17)18)14-12(16)11-9-4-2-1-3-8(9)5-6-19-11/h1-4,10-11,15H,5-7H2,(H,14,16)(H,17,18)/t10-,11?/m1/s1. The summed E-state index contributed by atoms with van der Waals surface area (Å²) in [5.74, 6) is -1.83. The molecule has 0 aromatic heterocycles. The van der Waals surface area contributed by atoms with Crippen molar-refractivity contribution in [2.24, 2.45) is 0 Å². The van der Waals surface area contributed by atoms with Crippen LogP contribution in [0.15, 0.2) is 24.3 Å². The van der Waals surface area contributed by atoms with Gasteiger partial charge in [-0.25, -0.2) is 4.79 Å². The second kappa shape index (κ2) is 5.81. The van der Waals surface area contributed by atoms with Crippen LogP contribution in [0.25, 0.3) is 0 Å². The van der Waals surface area contributed by atoms with E-state index >= 15 is 0 Å². The molecule has 19 heavy (non-hydrogen) atoms. The van der Waals surface area contributed by atoms with Crippen molar-refractivity contribution >= 4 is 11.9 Å². The van der Waals surface area contributed by atoms with Crippen LogP contribution in [0.3, 0.4) is 0 Å². The van der Waals surface area contributed by atoms with Crippen LogP contribution in [0.5, 0.6) is 0 Å². The van der Waals surface area contributed by atoms with Crippen LogP contribution in [0.4, 0.5) is 0 Å². The fourth-order valence-corrected chi connectivity index (χ4v) is 2.04. The third-order valence-electron chi connectivity index (χ3n) is 3.03. The number of aliphatic carboxylic acids is 1. The molecule has 0 fully saturated rings. The van der Waals surface area contributed by atoms with Gasteiger partial charge >= 0.3 is 5.97 Å². The summed E-state index contributed by atoms with van der Waals surface area (Å²) < 4.78 is 5.40. The number of carbonyl (C=O) groups excluding carboxylic acids is 1. The minimum Gasteiger partial charge on any atom is -0.480 e. The van der Waals surface area contributed by atoms with Crippen LogP contribution in [0, 0.1) is 0 Å². The lowest BCUT2D eigenvalue weighted by Crippen LogP contribution is -2.46. The lowest BCUT2D eigenvalue weighted by atomic mass is 9.97. The number of amides is 1. The molecule has 3 N–H and O–H groups in total. The Kier molecular flexibility index (Phi) is 4.13. The molecular weight excluding hydrogens is 250 g/mol. The van der Waals surface area contributed by atoms with Gasteiger partial charge in [0.15, 0.2) is 6.10 Å². The van der Waals surface area contributed by atoms with Gasteiger partial charge in [-0.1, -0.05) is 24.3 Å². The number of benzene rings is 1. The van der Waals surface area contributed by atoms with Gasteiger partial charge in [-0.2, -0.15) is 0 Å². The maximum absolute atomic E-state index is 12.0. The summed E-state index contributed by atoms with van der Waals surface area (Å²) >= 11 is 0. The van der Waals surface area contributed by atoms with Gasteiger partial charge < -0.3 is 20.3 Å². The second-order valence-electron chi connectivity index (χ2n) is 4.28. The fourth-order valence-electron chi connectivity index (χ4n) is 2.04. The summed E-state index contributed by atoms with van der Waals surface area (Å²) in [5.41, 5.74) is 1.76. The topological polar surface area (TPSA) is 95.9 Å². The van der Waals surface area contributed by atoms with E-state index in [9.17, 15) is 9.59 Å². The number of aliphatic hydroxyl groups is 1. The van der Waals surface area contributed by atoms with Crippen LogP contribution < -0.4 is 5.32 Å². The van der Waals surface area contributed by atoms with Gasteiger partial charge in [-0.05, 0) is 17.5 Å². The summed E-state index contributed by atoms with van der Waals surface area (Å²) in [7, 11) is 0. The molecule has 1 aliphatic heterocycles. The first-order valence-electron chi connectivity index (χ1n) is 5.97. The van der Waals surface area contributed by atoms with Gasteiger partial charge in [0.1, 0.15) is 6.04 Å². The summed E-state index contributed by atoms with van der Waals surface area (Å²) in [6.45, 7) is -0.249. The molecule has 0 saturated carbocycles. The number of nitrogens with one attached hydrogen (secondary N) is 1. The Bertz CT molecular complexity index is 488. The molecule has 6 nitrogen and oxygen atoms in total. The predicted molar refractivity (Wildman–Crippen MR) is 65.5 cm³/mol. The predicted octanol–water partition coefficient (Wildman–Crippen LogP) is -0.138. The van der Waals surface area contributed by atoms with Gasteiger partial charge in [0, 0.05) is 0 Å². The maximum atomic E-state index is 12.0.